The molecule has 7 nitrogen and oxygen atoms in total. The number of benzene rings is 2. The lowest BCUT2D eigenvalue weighted by Gasteiger charge is -2.18. The summed E-state index contributed by atoms with van der Waals surface area (Å²) in [6.07, 6.45) is -0.786. The van der Waals surface area contributed by atoms with Crippen LogP contribution in [0.4, 0.5) is 5.69 Å². The van der Waals surface area contributed by atoms with Gasteiger partial charge in [-0.25, -0.2) is 4.79 Å². The van der Waals surface area contributed by atoms with Crippen LogP contribution in [0, 0.1) is 6.92 Å². The highest BCUT2D eigenvalue weighted by atomic mass is 16.5. The smallest absolute Gasteiger partial charge is 0.340 e. The van der Waals surface area contributed by atoms with Gasteiger partial charge in [0, 0.05) is 12.1 Å². The van der Waals surface area contributed by atoms with Crippen molar-refractivity contribution in [2.75, 3.05) is 26.6 Å². The van der Waals surface area contributed by atoms with E-state index in [0.29, 0.717) is 17.2 Å². The van der Waals surface area contributed by atoms with E-state index < -0.39 is 18.0 Å². The summed E-state index contributed by atoms with van der Waals surface area (Å²) in [5.74, 6) is 0.252. The first-order valence-electron chi connectivity index (χ1n) is 8.28. The summed E-state index contributed by atoms with van der Waals surface area (Å²) in [7, 11) is 4.17. The molecule has 0 radical (unpaired) electrons. The Morgan fingerprint density at radius 3 is 2.11 bits per heavy atom. The third kappa shape index (κ3) is 4.91. The fourth-order valence-corrected chi connectivity index (χ4v) is 2.37. The number of rotatable bonds is 7. The Morgan fingerprint density at radius 2 is 1.56 bits per heavy atom. The largest absolute Gasteiger partial charge is 0.493 e. The maximum absolute atomic E-state index is 12.5. The van der Waals surface area contributed by atoms with Crippen LogP contribution in [-0.4, -0.2) is 39.3 Å². The van der Waals surface area contributed by atoms with Crippen LogP contribution >= 0.6 is 0 Å². The van der Waals surface area contributed by atoms with Crippen molar-refractivity contribution < 1.29 is 28.5 Å². The molecular formula is C20H23NO6. The zero-order chi connectivity index (χ0) is 20.0. The number of anilines is 1. The van der Waals surface area contributed by atoms with Crippen LogP contribution in [0.1, 0.15) is 22.8 Å². The van der Waals surface area contributed by atoms with Gasteiger partial charge in [0.2, 0.25) is 0 Å². The van der Waals surface area contributed by atoms with Crippen molar-refractivity contribution in [2.24, 2.45) is 0 Å². The van der Waals surface area contributed by atoms with Crippen LogP contribution in [-0.2, 0) is 9.53 Å². The van der Waals surface area contributed by atoms with Gasteiger partial charge in [-0.1, -0.05) is 17.7 Å². The summed E-state index contributed by atoms with van der Waals surface area (Å²) in [5, 5.41) is 2.68. The third-order valence-electron chi connectivity index (χ3n) is 3.89. The molecule has 1 atom stereocenters. The summed E-state index contributed by atoms with van der Waals surface area (Å²) in [6.45, 7) is 3.58. The van der Waals surface area contributed by atoms with Crippen molar-refractivity contribution in [3.8, 4) is 17.2 Å². The van der Waals surface area contributed by atoms with Gasteiger partial charge in [0.15, 0.2) is 17.6 Å². The minimum atomic E-state index is -0.786. The number of ether oxygens (including phenoxy) is 4. The number of carbonyl (C=O) groups excluding carboxylic acids is 2. The first-order valence-corrected chi connectivity index (χ1v) is 8.28. The quantitative estimate of drug-likeness (QED) is 0.751. The second-order valence-electron chi connectivity index (χ2n) is 5.81. The van der Waals surface area contributed by atoms with Gasteiger partial charge in [0.05, 0.1) is 32.6 Å². The Balaban J connectivity index is 2.24. The number of carbonyl (C=O) groups is 2. The van der Waals surface area contributed by atoms with Crippen LogP contribution in [0.25, 0.3) is 0 Å². The summed E-state index contributed by atoms with van der Waals surface area (Å²) in [6, 6.07) is 10.3. The fourth-order valence-electron chi connectivity index (χ4n) is 2.37. The highest BCUT2D eigenvalue weighted by Crippen LogP contribution is 2.34. The predicted octanol–water partition coefficient (Wildman–Crippen LogP) is 3.20. The van der Waals surface area contributed by atoms with E-state index in [-0.39, 0.29) is 11.3 Å². The highest BCUT2D eigenvalue weighted by Gasteiger charge is 2.22. The molecule has 1 N–H and O–H groups in total. The second-order valence-corrected chi connectivity index (χ2v) is 5.81. The van der Waals surface area contributed by atoms with Crippen LogP contribution in [0.2, 0.25) is 0 Å². The number of hydrogen-bond acceptors (Lipinski definition) is 6. The van der Waals surface area contributed by atoms with Crippen LogP contribution in [0.5, 0.6) is 17.2 Å². The Labute approximate surface area is 158 Å². The van der Waals surface area contributed by atoms with Gasteiger partial charge in [-0.15, -0.1) is 0 Å². The van der Waals surface area contributed by atoms with Gasteiger partial charge in [0.1, 0.15) is 5.75 Å². The zero-order valence-corrected chi connectivity index (χ0v) is 16.0. The molecule has 0 fully saturated rings. The van der Waals surface area contributed by atoms with Crippen molar-refractivity contribution in [3.63, 3.8) is 0 Å². The van der Waals surface area contributed by atoms with E-state index in [9.17, 15) is 9.59 Å². The molecule has 0 unspecified atom stereocenters. The Bertz CT molecular complexity index is 816. The monoisotopic (exact) mass is 373 g/mol. The van der Waals surface area contributed by atoms with Crippen molar-refractivity contribution in [1.29, 1.82) is 0 Å². The molecule has 0 saturated carbocycles. The van der Waals surface area contributed by atoms with E-state index in [1.807, 2.05) is 19.1 Å². The molecular weight excluding hydrogens is 350 g/mol. The average molecular weight is 373 g/mol. The lowest BCUT2D eigenvalue weighted by atomic mass is 10.1. The van der Waals surface area contributed by atoms with Crippen molar-refractivity contribution in [1.82, 2.24) is 0 Å². The molecule has 0 aliphatic carbocycles. The number of esters is 1. The van der Waals surface area contributed by atoms with Gasteiger partial charge in [-0.05, 0) is 26.0 Å². The topological polar surface area (TPSA) is 83.1 Å². The van der Waals surface area contributed by atoms with Crippen molar-refractivity contribution in [3.05, 3.63) is 47.5 Å². The molecule has 144 valence electrons. The Morgan fingerprint density at radius 1 is 0.963 bits per heavy atom. The van der Waals surface area contributed by atoms with Gasteiger partial charge < -0.3 is 24.3 Å². The SMILES string of the molecule is COC(=O)c1cc(OC)c(OC)cc1NC(=O)[C@@H](C)Oc1ccc(C)cc1. The number of aryl methyl sites for hydroxylation is 1. The fraction of sp³-hybridized carbons (Fsp3) is 0.300. The van der Waals surface area contributed by atoms with Crippen LogP contribution in [0.3, 0.4) is 0 Å². The summed E-state index contributed by atoms with van der Waals surface area (Å²) < 4.78 is 20.9. The van der Waals surface area contributed by atoms with E-state index in [1.165, 1.54) is 33.5 Å². The van der Waals surface area contributed by atoms with Crippen LogP contribution in [0.15, 0.2) is 36.4 Å². The maximum Gasteiger partial charge on any atom is 0.340 e. The van der Waals surface area contributed by atoms with Crippen LogP contribution < -0.4 is 19.5 Å². The molecule has 0 aliphatic rings. The molecule has 0 saturated heterocycles. The maximum atomic E-state index is 12.5. The van der Waals surface area contributed by atoms with Gasteiger partial charge in [0.25, 0.3) is 5.91 Å². The van der Waals surface area contributed by atoms with E-state index >= 15 is 0 Å². The Hall–Kier alpha value is -3.22. The molecule has 7 heteroatoms. The molecule has 0 spiro atoms. The second kappa shape index (κ2) is 8.93. The van der Waals surface area contributed by atoms with Gasteiger partial charge >= 0.3 is 5.97 Å². The summed E-state index contributed by atoms with van der Waals surface area (Å²) >= 11 is 0. The van der Waals surface area contributed by atoms with E-state index in [2.05, 4.69) is 5.32 Å². The average Bonchev–Trinajstić information content (AvgIpc) is 2.68. The molecule has 0 aliphatic heterocycles. The minimum Gasteiger partial charge on any atom is -0.493 e. The van der Waals surface area contributed by atoms with Gasteiger partial charge in [-0.2, -0.15) is 0 Å². The normalized spacial score (nSPS) is 11.3. The molecule has 0 aromatic heterocycles. The standard InChI is InChI=1S/C20H23NO6/c1-12-6-8-14(9-7-12)27-13(2)19(22)21-16-11-18(25-4)17(24-3)10-15(16)20(23)26-5/h6-11,13H,1-5H3,(H,21,22)/t13-/m1/s1. The molecule has 0 bridgehead atoms. The number of methoxy groups -OCH3 is 3. The van der Waals surface area contributed by atoms with E-state index in [4.69, 9.17) is 18.9 Å². The number of nitrogens with one attached hydrogen (secondary N) is 1. The van der Waals surface area contributed by atoms with E-state index in [1.54, 1.807) is 19.1 Å². The van der Waals surface area contributed by atoms with Gasteiger partial charge in [-0.3, -0.25) is 4.79 Å². The van der Waals surface area contributed by atoms with Crippen molar-refractivity contribution in [2.45, 2.75) is 20.0 Å². The lowest BCUT2D eigenvalue weighted by molar-refractivity contribution is -0.122. The molecule has 2 rings (SSSR count). The number of amides is 1. The molecule has 1 amide bonds. The molecule has 0 heterocycles. The summed E-state index contributed by atoms with van der Waals surface area (Å²) in [5.41, 5.74) is 1.47. The summed E-state index contributed by atoms with van der Waals surface area (Å²) in [4.78, 5) is 24.6. The lowest BCUT2D eigenvalue weighted by Crippen LogP contribution is -2.30. The molecule has 2 aromatic carbocycles. The molecule has 27 heavy (non-hydrogen) atoms. The minimum absolute atomic E-state index is 0.144. The molecule has 2 aromatic rings. The van der Waals surface area contributed by atoms with Crippen molar-refractivity contribution >= 4 is 17.6 Å². The van der Waals surface area contributed by atoms with E-state index in [0.717, 1.165) is 5.56 Å². The predicted molar refractivity (Wildman–Crippen MR) is 101 cm³/mol. The zero-order valence-electron chi connectivity index (χ0n) is 16.0. The number of hydrogen-bond donors (Lipinski definition) is 1. The Kier molecular flexibility index (Phi) is 6.65. The highest BCUT2D eigenvalue weighted by molar-refractivity contribution is 6.03. The first-order chi connectivity index (χ1) is 12.9. The third-order valence-corrected chi connectivity index (χ3v) is 3.89. The first kappa shape index (κ1) is 20.1.